The van der Waals surface area contributed by atoms with E-state index in [4.69, 9.17) is 0 Å². The van der Waals surface area contributed by atoms with Crippen molar-refractivity contribution in [2.75, 3.05) is 0 Å². The molecule has 3 unspecified atom stereocenters. The van der Waals surface area contributed by atoms with Crippen molar-refractivity contribution >= 4 is 0 Å². The summed E-state index contributed by atoms with van der Waals surface area (Å²) in [4.78, 5) is 0. The van der Waals surface area contributed by atoms with Crippen LogP contribution in [0, 0.1) is 11.8 Å². The van der Waals surface area contributed by atoms with Crippen molar-refractivity contribution in [1.82, 2.24) is 0 Å². The third-order valence-electron chi connectivity index (χ3n) is 2.65. The molecule has 1 aliphatic rings. The molecule has 0 spiro atoms. The molecule has 0 heterocycles. The van der Waals surface area contributed by atoms with Gasteiger partial charge in [0.05, 0.1) is 12.2 Å². The van der Waals surface area contributed by atoms with Crippen LogP contribution in [0.3, 0.4) is 0 Å². The lowest BCUT2D eigenvalue weighted by atomic mass is 9.91. The van der Waals surface area contributed by atoms with Crippen LogP contribution in [0.4, 0.5) is 0 Å². The summed E-state index contributed by atoms with van der Waals surface area (Å²) in [7, 11) is 0. The lowest BCUT2D eigenvalue weighted by molar-refractivity contribution is 0.00587. The Kier molecular flexibility index (Phi) is 2.90. The third-order valence-corrected chi connectivity index (χ3v) is 2.65. The minimum atomic E-state index is -0.313. The first-order valence-corrected chi connectivity index (χ1v) is 4.49. The van der Waals surface area contributed by atoms with Crippen LogP contribution in [0.25, 0.3) is 0 Å². The zero-order chi connectivity index (χ0) is 8.43. The van der Waals surface area contributed by atoms with Gasteiger partial charge in [-0.05, 0) is 18.8 Å². The molecular formula is C9H18O2. The Labute approximate surface area is 68.2 Å². The van der Waals surface area contributed by atoms with E-state index in [0.29, 0.717) is 0 Å². The highest BCUT2D eigenvalue weighted by Gasteiger charge is 2.32. The minimum absolute atomic E-state index is 0.134. The number of aliphatic hydroxyl groups is 2. The molecule has 2 heteroatoms. The summed E-state index contributed by atoms with van der Waals surface area (Å²) < 4.78 is 0. The maximum absolute atomic E-state index is 9.64. The molecule has 11 heavy (non-hydrogen) atoms. The fraction of sp³-hybridized carbons (Fsp3) is 1.00. The molecule has 1 rings (SSSR count). The molecule has 1 fully saturated rings. The lowest BCUT2D eigenvalue weighted by Crippen LogP contribution is -2.31. The van der Waals surface area contributed by atoms with Crippen LogP contribution in [0.1, 0.15) is 33.1 Å². The summed E-state index contributed by atoms with van der Waals surface area (Å²) in [6.45, 7) is 3.99. The van der Waals surface area contributed by atoms with Crippen LogP contribution in [0.5, 0.6) is 0 Å². The summed E-state index contributed by atoms with van der Waals surface area (Å²) in [5.74, 6) is 0.405. The maximum atomic E-state index is 9.64. The average Bonchev–Trinajstić information content (AvgIpc) is 2.33. The van der Waals surface area contributed by atoms with E-state index >= 15 is 0 Å². The van der Waals surface area contributed by atoms with Gasteiger partial charge >= 0.3 is 0 Å². The normalized spacial score (nSPS) is 34.6. The van der Waals surface area contributed by atoms with Crippen LogP contribution in [0.15, 0.2) is 0 Å². The standard InChI is InChI=1S/C9H18O2/c1-6(2)9(11)7-4-3-5-8(7)10/h6-11H,3-5H2,1-2H3. The predicted octanol–water partition coefficient (Wildman–Crippen LogP) is 1.16. The summed E-state index contributed by atoms with van der Waals surface area (Å²) in [6, 6.07) is 0. The topological polar surface area (TPSA) is 40.5 Å². The van der Waals surface area contributed by atoms with E-state index in [9.17, 15) is 10.2 Å². The largest absolute Gasteiger partial charge is 0.393 e. The second kappa shape index (κ2) is 3.55. The smallest absolute Gasteiger partial charge is 0.0615 e. The lowest BCUT2D eigenvalue weighted by Gasteiger charge is -2.24. The molecular weight excluding hydrogens is 140 g/mol. The van der Waals surface area contributed by atoms with E-state index in [2.05, 4.69) is 0 Å². The van der Waals surface area contributed by atoms with E-state index in [1.165, 1.54) is 0 Å². The summed E-state index contributed by atoms with van der Waals surface area (Å²) in [5, 5.41) is 19.1. The van der Waals surface area contributed by atoms with Gasteiger partial charge in [0.15, 0.2) is 0 Å². The molecule has 0 aromatic heterocycles. The van der Waals surface area contributed by atoms with Crippen molar-refractivity contribution in [2.24, 2.45) is 11.8 Å². The Hall–Kier alpha value is -0.0800. The van der Waals surface area contributed by atoms with Gasteiger partial charge in [-0.25, -0.2) is 0 Å². The van der Waals surface area contributed by atoms with Crippen molar-refractivity contribution in [1.29, 1.82) is 0 Å². The van der Waals surface area contributed by atoms with Crippen LogP contribution < -0.4 is 0 Å². The number of aliphatic hydroxyl groups excluding tert-OH is 2. The van der Waals surface area contributed by atoms with Crippen molar-refractivity contribution in [3.8, 4) is 0 Å². The van der Waals surface area contributed by atoms with Crippen molar-refractivity contribution < 1.29 is 10.2 Å². The van der Waals surface area contributed by atoms with Gasteiger partial charge in [0.2, 0.25) is 0 Å². The van der Waals surface area contributed by atoms with Gasteiger partial charge in [-0.1, -0.05) is 20.3 Å². The number of hydrogen-bond acceptors (Lipinski definition) is 2. The zero-order valence-electron chi connectivity index (χ0n) is 7.33. The van der Waals surface area contributed by atoms with Gasteiger partial charge in [0.25, 0.3) is 0 Å². The highest BCUT2D eigenvalue weighted by molar-refractivity contribution is 4.83. The summed E-state index contributed by atoms with van der Waals surface area (Å²) >= 11 is 0. The maximum Gasteiger partial charge on any atom is 0.0615 e. The molecule has 0 aliphatic heterocycles. The molecule has 0 bridgehead atoms. The molecule has 66 valence electrons. The van der Waals surface area contributed by atoms with E-state index in [1.807, 2.05) is 13.8 Å². The van der Waals surface area contributed by atoms with Crippen molar-refractivity contribution in [3.63, 3.8) is 0 Å². The molecule has 2 nitrogen and oxygen atoms in total. The minimum Gasteiger partial charge on any atom is -0.393 e. The highest BCUT2D eigenvalue weighted by atomic mass is 16.3. The van der Waals surface area contributed by atoms with E-state index < -0.39 is 0 Å². The molecule has 0 radical (unpaired) electrons. The van der Waals surface area contributed by atoms with E-state index in [-0.39, 0.29) is 24.0 Å². The van der Waals surface area contributed by atoms with Crippen LogP contribution in [-0.2, 0) is 0 Å². The average molecular weight is 158 g/mol. The van der Waals surface area contributed by atoms with Crippen LogP contribution in [0.2, 0.25) is 0 Å². The Morgan fingerprint density at radius 1 is 1.27 bits per heavy atom. The monoisotopic (exact) mass is 158 g/mol. The summed E-state index contributed by atoms with van der Waals surface area (Å²) in [5.41, 5.74) is 0. The Morgan fingerprint density at radius 3 is 2.27 bits per heavy atom. The van der Waals surface area contributed by atoms with Gasteiger partial charge in [-0.3, -0.25) is 0 Å². The quantitative estimate of drug-likeness (QED) is 0.633. The molecule has 1 aliphatic carbocycles. The third kappa shape index (κ3) is 1.94. The van der Waals surface area contributed by atoms with Crippen LogP contribution in [-0.4, -0.2) is 22.4 Å². The Bertz CT molecular complexity index is 123. The first-order valence-electron chi connectivity index (χ1n) is 4.49. The fourth-order valence-electron chi connectivity index (χ4n) is 1.86. The first kappa shape index (κ1) is 9.01. The molecule has 0 aromatic carbocycles. The number of hydrogen-bond donors (Lipinski definition) is 2. The molecule has 0 saturated heterocycles. The second-order valence-electron chi connectivity index (χ2n) is 3.90. The second-order valence-corrected chi connectivity index (χ2v) is 3.90. The van der Waals surface area contributed by atoms with Gasteiger partial charge in [0.1, 0.15) is 0 Å². The highest BCUT2D eigenvalue weighted by Crippen LogP contribution is 2.30. The van der Waals surface area contributed by atoms with Gasteiger partial charge < -0.3 is 10.2 Å². The molecule has 0 aromatic rings. The van der Waals surface area contributed by atoms with E-state index in [1.54, 1.807) is 0 Å². The molecule has 1 saturated carbocycles. The SMILES string of the molecule is CC(C)C(O)C1CCCC1O. The summed E-state index contributed by atoms with van der Waals surface area (Å²) in [6.07, 6.45) is 2.35. The first-order chi connectivity index (χ1) is 5.13. The Morgan fingerprint density at radius 2 is 1.91 bits per heavy atom. The van der Waals surface area contributed by atoms with Gasteiger partial charge in [0, 0.05) is 5.92 Å². The van der Waals surface area contributed by atoms with Gasteiger partial charge in [-0.2, -0.15) is 0 Å². The zero-order valence-corrected chi connectivity index (χ0v) is 7.33. The Balaban J connectivity index is 2.45. The fourth-order valence-corrected chi connectivity index (χ4v) is 1.86. The molecule has 2 N–H and O–H groups in total. The molecule has 3 atom stereocenters. The molecule has 0 amide bonds. The van der Waals surface area contributed by atoms with Crippen molar-refractivity contribution in [2.45, 2.75) is 45.3 Å². The van der Waals surface area contributed by atoms with Crippen LogP contribution >= 0.6 is 0 Å². The van der Waals surface area contributed by atoms with Gasteiger partial charge in [-0.15, -0.1) is 0 Å². The van der Waals surface area contributed by atoms with Crippen molar-refractivity contribution in [3.05, 3.63) is 0 Å². The van der Waals surface area contributed by atoms with E-state index in [0.717, 1.165) is 19.3 Å². The predicted molar refractivity (Wildman–Crippen MR) is 44.2 cm³/mol. The number of rotatable bonds is 2.